The van der Waals surface area contributed by atoms with Gasteiger partial charge < -0.3 is 15.7 Å². The van der Waals surface area contributed by atoms with E-state index < -0.39 is 0 Å². The molecular formula is C10H20N2O. The Morgan fingerprint density at radius 1 is 1.46 bits per heavy atom. The molecule has 1 saturated heterocycles. The van der Waals surface area contributed by atoms with Crippen molar-refractivity contribution in [1.29, 1.82) is 0 Å². The van der Waals surface area contributed by atoms with Crippen LogP contribution in [0.15, 0.2) is 0 Å². The molecule has 1 aliphatic heterocycles. The molecule has 3 N–H and O–H groups in total. The molecule has 1 heterocycles. The largest absolute Gasteiger partial charge is 0.390 e. The Labute approximate surface area is 79.9 Å². The highest BCUT2D eigenvalue weighted by Gasteiger charge is 2.61. The molecule has 2 unspecified atom stereocenters. The number of rotatable bonds is 3. The maximum absolute atomic E-state index is 9.38. The summed E-state index contributed by atoms with van der Waals surface area (Å²) in [6.07, 6.45) is -0.333. The summed E-state index contributed by atoms with van der Waals surface area (Å²) in [5.74, 6) is 1.75. The summed E-state index contributed by atoms with van der Waals surface area (Å²) in [5, 5.41) is 9.38. The minimum atomic E-state index is -0.333. The van der Waals surface area contributed by atoms with Crippen LogP contribution in [0.25, 0.3) is 0 Å². The molecule has 1 saturated carbocycles. The van der Waals surface area contributed by atoms with Crippen molar-refractivity contribution in [2.75, 3.05) is 26.2 Å². The molecular weight excluding hydrogens is 164 g/mol. The summed E-state index contributed by atoms with van der Waals surface area (Å²) >= 11 is 0. The van der Waals surface area contributed by atoms with Gasteiger partial charge >= 0.3 is 0 Å². The van der Waals surface area contributed by atoms with Crippen LogP contribution in [0.5, 0.6) is 0 Å². The number of aliphatic hydroxyl groups is 1. The fourth-order valence-corrected chi connectivity index (χ4v) is 2.74. The third kappa shape index (κ3) is 1.49. The van der Waals surface area contributed by atoms with Crippen LogP contribution in [0.1, 0.15) is 13.8 Å². The van der Waals surface area contributed by atoms with Crippen molar-refractivity contribution in [3.63, 3.8) is 0 Å². The molecule has 13 heavy (non-hydrogen) atoms. The molecule has 0 bridgehead atoms. The highest BCUT2D eigenvalue weighted by molar-refractivity contribution is 5.11. The molecule has 0 amide bonds. The van der Waals surface area contributed by atoms with Gasteiger partial charge in [0.05, 0.1) is 6.10 Å². The second-order valence-corrected chi connectivity index (χ2v) is 5.14. The lowest BCUT2D eigenvalue weighted by Gasteiger charge is -2.23. The van der Waals surface area contributed by atoms with Crippen molar-refractivity contribution < 1.29 is 5.11 Å². The Kier molecular flexibility index (Phi) is 2.13. The van der Waals surface area contributed by atoms with Gasteiger partial charge in [-0.05, 0) is 17.3 Å². The maximum Gasteiger partial charge on any atom is 0.0789 e. The van der Waals surface area contributed by atoms with Gasteiger partial charge in [-0.3, -0.25) is 0 Å². The second-order valence-electron chi connectivity index (χ2n) is 5.14. The summed E-state index contributed by atoms with van der Waals surface area (Å²) in [5.41, 5.74) is 5.95. The van der Waals surface area contributed by atoms with E-state index in [-0.39, 0.29) is 6.10 Å². The van der Waals surface area contributed by atoms with Gasteiger partial charge in [0.25, 0.3) is 0 Å². The topological polar surface area (TPSA) is 49.5 Å². The molecule has 3 atom stereocenters. The number of piperidine rings is 1. The van der Waals surface area contributed by atoms with Crippen LogP contribution in [0.3, 0.4) is 0 Å². The van der Waals surface area contributed by atoms with Gasteiger partial charge in [-0.2, -0.15) is 0 Å². The summed E-state index contributed by atoms with van der Waals surface area (Å²) in [6, 6.07) is 0. The fraction of sp³-hybridized carbons (Fsp3) is 1.00. The van der Waals surface area contributed by atoms with Crippen LogP contribution in [0.2, 0.25) is 0 Å². The van der Waals surface area contributed by atoms with Crippen molar-refractivity contribution in [1.82, 2.24) is 4.90 Å². The van der Waals surface area contributed by atoms with E-state index in [0.29, 0.717) is 12.0 Å². The molecule has 3 heteroatoms. The number of fused-ring (bicyclic) bond motifs is 1. The predicted octanol–water partition coefficient (Wildman–Crippen LogP) is -0.106. The van der Waals surface area contributed by atoms with Crippen molar-refractivity contribution >= 4 is 0 Å². The summed E-state index contributed by atoms with van der Waals surface area (Å²) in [6.45, 7) is 8.16. The van der Waals surface area contributed by atoms with Crippen LogP contribution >= 0.6 is 0 Å². The summed E-state index contributed by atoms with van der Waals surface area (Å²) in [7, 11) is 0. The van der Waals surface area contributed by atoms with Crippen LogP contribution in [0, 0.1) is 17.3 Å². The van der Waals surface area contributed by atoms with Crippen LogP contribution in [0.4, 0.5) is 0 Å². The van der Waals surface area contributed by atoms with Crippen molar-refractivity contribution in [3.8, 4) is 0 Å². The Morgan fingerprint density at radius 2 is 2.00 bits per heavy atom. The monoisotopic (exact) mass is 184 g/mol. The first-order valence-electron chi connectivity index (χ1n) is 5.16. The van der Waals surface area contributed by atoms with Gasteiger partial charge in [0.15, 0.2) is 0 Å². The van der Waals surface area contributed by atoms with E-state index >= 15 is 0 Å². The number of aliphatic hydroxyl groups excluding tert-OH is 1. The number of β-amino-alcohol motifs (C(OH)–C–C–N with tert-alkyl or cyclic N) is 1. The molecule has 3 nitrogen and oxygen atoms in total. The Hall–Kier alpha value is -0.120. The molecule has 1 aliphatic carbocycles. The van der Waals surface area contributed by atoms with Crippen LogP contribution in [-0.4, -0.2) is 42.3 Å². The zero-order chi connectivity index (χ0) is 9.64. The molecule has 0 aromatic heterocycles. The number of hydrogen-bond donors (Lipinski definition) is 2. The lowest BCUT2D eigenvalue weighted by molar-refractivity contribution is 0.118. The Bertz CT molecular complexity index is 191. The Morgan fingerprint density at radius 3 is 2.46 bits per heavy atom. The molecule has 0 aromatic rings. The molecule has 0 spiro atoms. The number of likely N-dealkylation sites (tertiary alicyclic amines) is 1. The Balaban J connectivity index is 1.78. The van der Waals surface area contributed by atoms with Crippen molar-refractivity contribution in [3.05, 3.63) is 0 Å². The molecule has 2 fully saturated rings. The van der Waals surface area contributed by atoms with Gasteiger partial charge in [-0.25, -0.2) is 0 Å². The molecule has 76 valence electrons. The maximum atomic E-state index is 9.38. The molecule has 0 radical (unpaired) electrons. The lowest BCUT2D eigenvalue weighted by Crippen LogP contribution is -2.37. The van der Waals surface area contributed by atoms with E-state index in [1.807, 2.05) is 0 Å². The first-order valence-corrected chi connectivity index (χ1v) is 5.16. The third-order valence-electron chi connectivity index (χ3n) is 3.94. The average molecular weight is 184 g/mol. The van der Waals surface area contributed by atoms with Crippen LogP contribution < -0.4 is 5.73 Å². The van der Waals surface area contributed by atoms with Gasteiger partial charge in [0.2, 0.25) is 0 Å². The van der Waals surface area contributed by atoms with E-state index in [1.54, 1.807) is 0 Å². The quantitative estimate of drug-likeness (QED) is 0.643. The van der Waals surface area contributed by atoms with Gasteiger partial charge in [-0.15, -0.1) is 0 Å². The highest BCUT2D eigenvalue weighted by atomic mass is 16.3. The molecule has 0 aromatic carbocycles. The minimum absolute atomic E-state index is 0.333. The van der Waals surface area contributed by atoms with Gasteiger partial charge in [-0.1, -0.05) is 13.8 Å². The first-order chi connectivity index (χ1) is 6.05. The smallest absolute Gasteiger partial charge is 0.0789 e. The number of nitrogens with two attached hydrogens (primary N) is 1. The first kappa shape index (κ1) is 9.44. The summed E-state index contributed by atoms with van der Waals surface area (Å²) < 4.78 is 0. The normalized spacial score (nSPS) is 38.8. The molecule has 2 aliphatic rings. The average Bonchev–Trinajstić information content (AvgIpc) is 2.54. The van der Waals surface area contributed by atoms with E-state index in [2.05, 4.69) is 18.7 Å². The number of hydrogen-bond acceptors (Lipinski definition) is 3. The van der Waals surface area contributed by atoms with E-state index in [1.165, 1.54) is 0 Å². The highest BCUT2D eigenvalue weighted by Crippen LogP contribution is 2.61. The van der Waals surface area contributed by atoms with Crippen molar-refractivity contribution in [2.45, 2.75) is 20.0 Å². The number of nitrogens with zero attached hydrogens (tertiary/aromatic N) is 1. The second kappa shape index (κ2) is 2.94. The lowest BCUT2D eigenvalue weighted by atomic mass is 10.1. The SMILES string of the molecule is CC1(C)C2CN(C[C@H](O)CN)CC21. The summed E-state index contributed by atoms with van der Waals surface area (Å²) in [4.78, 5) is 2.35. The fourth-order valence-electron chi connectivity index (χ4n) is 2.74. The third-order valence-corrected chi connectivity index (χ3v) is 3.94. The minimum Gasteiger partial charge on any atom is -0.390 e. The van der Waals surface area contributed by atoms with E-state index in [4.69, 9.17) is 5.73 Å². The van der Waals surface area contributed by atoms with Gasteiger partial charge in [0, 0.05) is 26.2 Å². The predicted molar refractivity (Wildman–Crippen MR) is 52.3 cm³/mol. The standard InChI is InChI=1S/C10H20N2O/c1-10(2)8-5-12(6-9(8)10)4-7(13)3-11/h7-9,13H,3-6,11H2,1-2H3/t7-,8?,9?/m1/s1. The zero-order valence-electron chi connectivity index (χ0n) is 8.53. The van der Waals surface area contributed by atoms with E-state index in [0.717, 1.165) is 31.5 Å². The zero-order valence-corrected chi connectivity index (χ0v) is 8.53. The van der Waals surface area contributed by atoms with Crippen LogP contribution in [-0.2, 0) is 0 Å². The molecule has 2 rings (SSSR count). The van der Waals surface area contributed by atoms with Gasteiger partial charge in [0.1, 0.15) is 0 Å². The van der Waals surface area contributed by atoms with E-state index in [9.17, 15) is 5.11 Å². The van der Waals surface area contributed by atoms with Crippen molar-refractivity contribution in [2.24, 2.45) is 23.0 Å².